The van der Waals surface area contributed by atoms with Crippen molar-refractivity contribution < 1.29 is 27.0 Å². The van der Waals surface area contributed by atoms with E-state index in [0.717, 1.165) is 22.5 Å². The smallest absolute Gasteiger partial charge is 0.217 e. The molecule has 0 amide bonds. The molecule has 1 aliphatic heterocycles. The topological polar surface area (TPSA) is 66.8 Å². The molecule has 1 aliphatic rings. The largest absolute Gasteiger partial charge is 0.392 e. The highest BCUT2D eigenvalue weighted by Gasteiger charge is 2.40. The number of nitrogens with zero attached hydrogens (tertiary/aromatic N) is 1. The van der Waals surface area contributed by atoms with Crippen molar-refractivity contribution >= 4 is 10.0 Å². The zero-order valence-corrected chi connectivity index (χ0v) is 13.9. The summed E-state index contributed by atoms with van der Waals surface area (Å²) in [6.45, 7) is 3.45. The van der Waals surface area contributed by atoms with Crippen LogP contribution in [0.15, 0.2) is 18.2 Å². The van der Waals surface area contributed by atoms with Gasteiger partial charge in [-0.3, -0.25) is 0 Å². The van der Waals surface area contributed by atoms with Crippen molar-refractivity contribution in [2.24, 2.45) is 0 Å². The van der Waals surface area contributed by atoms with Crippen LogP contribution in [-0.2, 0) is 14.8 Å². The Bertz CT molecular complexity index is 651. The molecule has 0 bridgehead atoms. The predicted molar refractivity (Wildman–Crippen MR) is 81.3 cm³/mol. The van der Waals surface area contributed by atoms with Crippen LogP contribution in [0.1, 0.15) is 31.9 Å². The number of rotatable bonds is 6. The molecule has 1 aromatic carbocycles. The van der Waals surface area contributed by atoms with E-state index in [9.17, 15) is 22.3 Å². The Morgan fingerprint density at radius 2 is 2.09 bits per heavy atom. The quantitative estimate of drug-likeness (QED) is 0.851. The van der Waals surface area contributed by atoms with Crippen LogP contribution < -0.4 is 0 Å². The van der Waals surface area contributed by atoms with Crippen LogP contribution in [0.2, 0.25) is 0 Å². The van der Waals surface area contributed by atoms with E-state index in [1.165, 1.54) is 0 Å². The van der Waals surface area contributed by atoms with E-state index in [0.29, 0.717) is 0 Å². The number of hydrogen-bond donors (Lipinski definition) is 1. The number of ether oxygens (including phenoxy) is 1. The van der Waals surface area contributed by atoms with Gasteiger partial charge in [-0.1, -0.05) is 0 Å². The average Bonchev–Trinajstić information content (AvgIpc) is 2.83. The summed E-state index contributed by atoms with van der Waals surface area (Å²) in [5.74, 6) is -1.61. The number of β-amino-alcohol motifs (C(OH)–C–C–N with tert-alkyl or cyclic N) is 1. The molecule has 0 radical (unpaired) electrons. The van der Waals surface area contributed by atoms with Crippen molar-refractivity contribution in [3.8, 4) is 0 Å². The van der Waals surface area contributed by atoms with E-state index in [4.69, 9.17) is 4.74 Å². The summed E-state index contributed by atoms with van der Waals surface area (Å²) >= 11 is 0. The molecule has 8 heteroatoms. The molecular formula is C15H21F2NO4S. The fraction of sp³-hybridized carbons (Fsp3) is 0.600. The van der Waals surface area contributed by atoms with Gasteiger partial charge in [-0.25, -0.2) is 17.2 Å². The summed E-state index contributed by atoms with van der Waals surface area (Å²) < 4.78 is 58.6. The molecule has 1 fully saturated rings. The van der Waals surface area contributed by atoms with Crippen LogP contribution in [0, 0.1) is 11.6 Å². The van der Waals surface area contributed by atoms with Gasteiger partial charge in [0.1, 0.15) is 11.6 Å². The molecule has 0 aliphatic carbocycles. The van der Waals surface area contributed by atoms with E-state index in [1.54, 1.807) is 13.8 Å². The summed E-state index contributed by atoms with van der Waals surface area (Å²) in [4.78, 5) is 0. The minimum atomic E-state index is -3.76. The van der Waals surface area contributed by atoms with Gasteiger partial charge >= 0.3 is 0 Å². The van der Waals surface area contributed by atoms with Crippen molar-refractivity contribution in [2.75, 3.05) is 18.9 Å². The first-order valence-corrected chi connectivity index (χ1v) is 9.05. The normalized spacial score (nSPS) is 22.9. The third-order valence-corrected chi connectivity index (χ3v) is 5.50. The molecule has 23 heavy (non-hydrogen) atoms. The molecular weight excluding hydrogens is 328 g/mol. The van der Waals surface area contributed by atoms with Crippen molar-refractivity contribution in [1.29, 1.82) is 0 Å². The number of hydrogen-bond acceptors (Lipinski definition) is 4. The highest BCUT2D eigenvalue weighted by atomic mass is 32.2. The fourth-order valence-electron chi connectivity index (χ4n) is 2.65. The molecule has 1 aromatic rings. The second-order valence-corrected chi connectivity index (χ2v) is 7.92. The average molecular weight is 349 g/mol. The molecule has 1 saturated heterocycles. The Balaban J connectivity index is 2.23. The molecule has 0 spiro atoms. The SMILES string of the molecule is CC(C)OCCS(=O)(=O)N1CC(O)CC1c1cc(F)ccc1F. The standard InChI is InChI=1S/C15H21F2NO4S/c1-10(2)22-5-6-23(20,21)18-9-12(19)8-15(18)13-7-11(16)3-4-14(13)17/h3-4,7,10,12,15,19H,5-6,8-9H2,1-2H3. The van der Waals surface area contributed by atoms with E-state index in [-0.39, 0.29) is 37.0 Å². The van der Waals surface area contributed by atoms with Gasteiger partial charge in [0.25, 0.3) is 0 Å². The second kappa shape index (κ2) is 7.21. The van der Waals surface area contributed by atoms with E-state index in [2.05, 4.69) is 0 Å². The Morgan fingerprint density at radius 1 is 1.39 bits per heavy atom. The number of aliphatic hydroxyl groups excluding tert-OH is 1. The molecule has 1 heterocycles. The van der Waals surface area contributed by atoms with E-state index in [1.807, 2.05) is 0 Å². The van der Waals surface area contributed by atoms with Crippen LogP contribution in [0.3, 0.4) is 0 Å². The molecule has 130 valence electrons. The molecule has 2 rings (SSSR count). The van der Waals surface area contributed by atoms with Crippen LogP contribution in [0.5, 0.6) is 0 Å². The van der Waals surface area contributed by atoms with Gasteiger partial charge in [-0.05, 0) is 38.5 Å². The maximum atomic E-state index is 14.0. The summed E-state index contributed by atoms with van der Waals surface area (Å²) in [6, 6.07) is 2.00. The molecule has 0 saturated carbocycles. The lowest BCUT2D eigenvalue weighted by Crippen LogP contribution is -2.35. The lowest BCUT2D eigenvalue weighted by Gasteiger charge is -2.24. The molecule has 5 nitrogen and oxygen atoms in total. The van der Waals surface area contributed by atoms with E-state index >= 15 is 0 Å². The van der Waals surface area contributed by atoms with Crippen LogP contribution >= 0.6 is 0 Å². The summed E-state index contributed by atoms with van der Waals surface area (Å²) in [6.07, 6.45) is -0.987. The third kappa shape index (κ3) is 4.47. The highest BCUT2D eigenvalue weighted by molar-refractivity contribution is 7.89. The van der Waals surface area contributed by atoms with Gasteiger partial charge in [0.2, 0.25) is 10.0 Å². The zero-order chi connectivity index (χ0) is 17.2. The van der Waals surface area contributed by atoms with Crippen LogP contribution in [0.25, 0.3) is 0 Å². The molecule has 2 atom stereocenters. The van der Waals surface area contributed by atoms with E-state index < -0.39 is 33.8 Å². The lowest BCUT2D eigenvalue weighted by molar-refractivity contribution is 0.0905. The Labute approximate surface area is 134 Å². The number of sulfonamides is 1. The maximum Gasteiger partial charge on any atom is 0.217 e. The summed E-state index contributed by atoms with van der Waals surface area (Å²) in [5, 5.41) is 9.81. The van der Waals surface area contributed by atoms with Gasteiger partial charge in [-0.15, -0.1) is 0 Å². The summed E-state index contributed by atoms with van der Waals surface area (Å²) in [7, 11) is -3.76. The lowest BCUT2D eigenvalue weighted by atomic mass is 10.0. The van der Waals surface area contributed by atoms with Gasteiger partial charge in [-0.2, -0.15) is 4.31 Å². The summed E-state index contributed by atoms with van der Waals surface area (Å²) in [5.41, 5.74) is -0.0603. The molecule has 0 aromatic heterocycles. The third-order valence-electron chi connectivity index (χ3n) is 3.70. The number of benzene rings is 1. The van der Waals surface area contributed by atoms with Gasteiger partial charge < -0.3 is 9.84 Å². The first kappa shape index (κ1) is 18.3. The predicted octanol–water partition coefficient (Wildman–Crippen LogP) is 1.83. The monoisotopic (exact) mass is 349 g/mol. The first-order chi connectivity index (χ1) is 10.7. The van der Waals surface area contributed by atoms with Crippen molar-refractivity contribution in [2.45, 2.75) is 38.5 Å². The zero-order valence-electron chi connectivity index (χ0n) is 13.1. The van der Waals surface area contributed by atoms with Crippen LogP contribution in [-0.4, -0.2) is 48.9 Å². The first-order valence-electron chi connectivity index (χ1n) is 7.45. The molecule has 1 N–H and O–H groups in total. The Kier molecular flexibility index (Phi) is 5.72. The van der Waals surface area contributed by atoms with Crippen LogP contribution in [0.4, 0.5) is 8.78 Å². The fourth-order valence-corrected chi connectivity index (χ4v) is 4.18. The highest BCUT2D eigenvalue weighted by Crippen LogP contribution is 2.36. The Morgan fingerprint density at radius 3 is 2.74 bits per heavy atom. The number of halogens is 2. The minimum Gasteiger partial charge on any atom is -0.392 e. The maximum absolute atomic E-state index is 14.0. The van der Waals surface area contributed by atoms with Crippen molar-refractivity contribution in [3.05, 3.63) is 35.4 Å². The van der Waals surface area contributed by atoms with Gasteiger partial charge in [0.15, 0.2) is 0 Å². The molecule has 2 unspecified atom stereocenters. The second-order valence-electron chi connectivity index (χ2n) is 5.88. The van der Waals surface area contributed by atoms with Gasteiger partial charge in [0, 0.05) is 12.1 Å². The minimum absolute atomic E-state index is 0.00491. The van der Waals surface area contributed by atoms with Crippen molar-refractivity contribution in [3.63, 3.8) is 0 Å². The van der Waals surface area contributed by atoms with Crippen molar-refractivity contribution in [1.82, 2.24) is 4.31 Å². The van der Waals surface area contributed by atoms with Gasteiger partial charge in [0.05, 0.1) is 30.6 Å². The number of aliphatic hydroxyl groups is 1. The Hall–Kier alpha value is -1.09.